The number of hydrogen-bond donors (Lipinski definition) is 0. The number of halogens is 1. The zero-order valence-corrected chi connectivity index (χ0v) is 18.5. The largest absolute Gasteiger partial charge is 0.377 e. The monoisotopic (exact) mass is 435 g/mol. The highest BCUT2D eigenvalue weighted by Crippen LogP contribution is 2.37. The van der Waals surface area contributed by atoms with Crippen molar-refractivity contribution < 1.29 is 8.95 Å². The Kier molecular flexibility index (Phi) is 5.77. The molecule has 4 rings (SSSR count). The van der Waals surface area contributed by atoms with E-state index in [2.05, 4.69) is 21.2 Å². The van der Waals surface area contributed by atoms with Crippen molar-refractivity contribution in [3.63, 3.8) is 0 Å². The molecule has 7 nitrogen and oxygen atoms in total. The van der Waals surface area contributed by atoms with Crippen molar-refractivity contribution in [1.82, 2.24) is 15.0 Å². The molecule has 2 saturated heterocycles. The predicted molar refractivity (Wildman–Crippen MR) is 116 cm³/mol. The summed E-state index contributed by atoms with van der Waals surface area (Å²) in [5.74, 6) is 2.03. The van der Waals surface area contributed by atoms with Gasteiger partial charge in [0.2, 0.25) is 0 Å². The lowest BCUT2D eigenvalue weighted by Crippen LogP contribution is -2.44. The molecule has 2 aliphatic heterocycles. The van der Waals surface area contributed by atoms with Gasteiger partial charge in [-0.3, -0.25) is 0 Å². The van der Waals surface area contributed by atoms with Crippen molar-refractivity contribution in [3.05, 3.63) is 34.7 Å². The number of hydrogen-bond acceptors (Lipinski definition) is 7. The Labute approximate surface area is 177 Å². The van der Waals surface area contributed by atoms with Crippen LogP contribution in [0.25, 0.3) is 11.4 Å². The van der Waals surface area contributed by atoms with Crippen molar-refractivity contribution >= 4 is 27.1 Å². The van der Waals surface area contributed by atoms with Crippen molar-refractivity contribution in [3.8, 4) is 11.4 Å². The summed E-state index contributed by atoms with van der Waals surface area (Å²) in [7, 11) is -0.656. The Morgan fingerprint density at radius 3 is 2.83 bits per heavy atom. The van der Waals surface area contributed by atoms with Crippen LogP contribution in [0.3, 0.4) is 0 Å². The van der Waals surface area contributed by atoms with E-state index in [-0.39, 0.29) is 11.3 Å². The molecule has 0 saturated carbocycles. The Morgan fingerprint density at radius 2 is 2.10 bits per heavy atom. The highest BCUT2D eigenvalue weighted by molar-refractivity contribution is 7.94. The third kappa shape index (κ3) is 4.11. The normalized spacial score (nSPS) is 27.2. The molecule has 0 radical (unpaired) electrons. The first-order valence-corrected chi connectivity index (χ1v) is 12.0. The van der Waals surface area contributed by atoms with E-state index in [1.165, 1.54) is 0 Å². The lowest BCUT2D eigenvalue weighted by molar-refractivity contribution is 0.0985. The summed E-state index contributed by atoms with van der Waals surface area (Å²) >= 11 is 6.19. The molecule has 3 atom stereocenters. The van der Waals surface area contributed by atoms with Crippen LogP contribution in [0.4, 0.5) is 5.82 Å². The summed E-state index contributed by atoms with van der Waals surface area (Å²) in [6.07, 6.45) is 1.71. The van der Waals surface area contributed by atoms with Crippen LogP contribution in [-0.4, -0.2) is 57.8 Å². The molecule has 0 amide bonds. The molecule has 2 unspecified atom stereocenters. The molecule has 156 valence electrons. The SMILES string of the molecule is CN=S1(=O)CCCC1c1cc(N2CCOC[C@H]2C)nc(-c2cc(C)nc(Cl)c2)n1. The Bertz CT molecular complexity index is 1020. The van der Waals surface area contributed by atoms with Crippen LogP contribution in [-0.2, 0) is 14.5 Å². The van der Waals surface area contributed by atoms with Crippen LogP contribution in [0, 0.1) is 6.92 Å². The lowest BCUT2D eigenvalue weighted by Gasteiger charge is -2.34. The van der Waals surface area contributed by atoms with Crippen molar-refractivity contribution in [2.45, 2.75) is 38.0 Å². The van der Waals surface area contributed by atoms with Crippen LogP contribution in [0.5, 0.6) is 0 Å². The van der Waals surface area contributed by atoms with Crippen LogP contribution in [0.15, 0.2) is 22.6 Å². The van der Waals surface area contributed by atoms with E-state index in [1.54, 1.807) is 13.1 Å². The van der Waals surface area contributed by atoms with Gasteiger partial charge in [0.05, 0.1) is 39.9 Å². The van der Waals surface area contributed by atoms with E-state index in [0.29, 0.717) is 29.9 Å². The van der Waals surface area contributed by atoms with Gasteiger partial charge in [-0.1, -0.05) is 11.6 Å². The number of aryl methyl sites for hydroxylation is 1. The Hall–Kier alpha value is -1.77. The van der Waals surface area contributed by atoms with Gasteiger partial charge in [0.15, 0.2) is 5.82 Å². The average molecular weight is 436 g/mol. The minimum Gasteiger partial charge on any atom is -0.377 e. The highest BCUT2D eigenvalue weighted by atomic mass is 35.5. The van der Waals surface area contributed by atoms with Crippen molar-refractivity contribution in [2.24, 2.45) is 4.36 Å². The first-order valence-electron chi connectivity index (χ1n) is 9.89. The van der Waals surface area contributed by atoms with Crippen LogP contribution >= 0.6 is 11.6 Å². The van der Waals surface area contributed by atoms with Crippen molar-refractivity contribution in [1.29, 1.82) is 0 Å². The van der Waals surface area contributed by atoms with Gasteiger partial charge < -0.3 is 9.64 Å². The maximum absolute atomic E-state index is 13.3. The van der Waals surface area contributed by atoms with Gasteiger partial charge in [0.25, 0.3) is 0 Å². The second-order valence-corrected chi connectivity index (χ2v) is 10.7. The van der Waals surface area contributed by atoms with Gasteiger partial charge >= 0.3 is 0 Å². The molecular formula is C20H26ClN5O2S. The molecular weight excluding hydrogens is 410 g/mol. The van der Waals surface area contributed by atoms with E-state index in [4.69, 9.17) is 26.3 Å². The smallest absolute Gasteiger partial charge is 0.161 e. The van der Waals surface area contributed by atoms with E-state index >= 15 is 0 Å². The van der Waals surface area contributed by atoms with Gasteiger partial charge in [-0.2, -0.15) is 0 Å². The zero-order chi connectivity index (χ0) is 20.6. The van der Waals surface area contributed by atoms with Gasteiger partial charge in [-0.05, 0) is 38.8 Å². The molecule has 0 aromatic carbocycles. The summed E-state index contributed by atoms with van der Waals surface area (Å²) in [5, 5.41) is 0.228. The van der Waals surface area contributed by atoms with Crippen molar-refractivity contribution in [2.75, 3.05) is 37.5 Å². The van der Waals surface area contributed by atoms with E-state index < -0.39 is 9.73 Å². The van der Waals surface area contributed by atoms with Crippen LogP contribution < -0.4 is 4.90 Å². The standard InChI is InChI=1S/C20H26ClN5O2S/c1-13-9-15(10-18(21)23-13)20-24-16(17-5-4-8-29(17,27)22-3)11-19(25-20)26-6-7-28-12-14(26)2/h9-11,14,17H,4-8,12H2,1-3H3/t14-,17?,29?/m1/s1. The number of ether oxygens (including phenoxy) is 1. The molecule has 0 bridgehead atoms. The Morgan fingerprint density at radius 1 is 1.28 bits per heavy atom. The van der Waals surface area contributed by atoms with Gasteiger partial charge in [-0.15, -0.1) is 0 Å². The van der Waals surface area contributed by atoms with Gasteiger partial charge in [0, 0.05) is 36.7 Å². The molecule has 0 spiro atoms. The fraction of sp³-hybridized carbons (Fsp3) is 0.550. The first-order chi connectivity index (χ1) is 13.9. The molecule has 2 fully saturated rings. The van der Waals surface area contributed by atoms with Gasteiger partial charge in [-0.25, -0.2) is 23.5 Å². The molecule has 29 heavy (non-hydrogen) atoms. The first kappa shape index (κ1) is 20.5. The maximum Gasteiger partial charge on any atom is 0.161 e. The summed E-state index contributed by atoms with van der Waals surface area (Å²) in [5.41, 5.74) is 2.41. The number of pyridine rings is 1. The van der Waals surface area contributed by atoms with Gasteiger partial charge in [0.1, 0.15) is 11.0 Å². The van der Waals surface area contributed by atoms with Crippen LogP contribution in [0.1, 0.15) is 36.4 Å². The second-order valence-electron chi connectivity index (χ2n) is 7.62. The summed E-state index contributed by atoms with van der Waals surface area (Å²) in [4.78, 5) is 16.2. The molecule has 2 aromatic heterocycles. The maximum atomic E-state index is 13.3. The highest BCUT2D eigenvalue weighted by Gasteiger charge is 2.33. The second kappa shape index (κ2) is 8.16. The molecule has 9 heteroatoms. The van der Waals surface area contributed by atoms with Crippen LogP contribution in [0.2, 0.25) is 5.15 Å². The fourth-order valence-corrected chi connectivity index (χ4v) is 6.66. The zero-order valence-electron chi connectivity index (χ0n) is 17.0. The van der Waals surface area contributed by atoms with E-state index in [9.17, 15) is 4.21 Å². The number of aromatic nitrogens is 3. The average Bonchev–Trinajstić information content (AvgIpc) is 3.09. The number of morpholine rings is 1. The quantitative estimate of drug-likeness (QED) is 0.684. The lowest BCUT2D eigenvalue weighted by atomic mass is 10.1. The number of anilines is 1. The number of nitrogens with zero attached hydrogens (tertiary/aromatic N) is 5. The summed E-state index contributed by atoms with van der Waals surface area (Å²) in [6.45, 7) is 6.08. The minimum absolute atomic E-state index is 0.178. The topological polar surface area (TPSA) is 80.6 Å². The van der Waals surface area contributed by atoms with E-state index in [0.717, 1.165) is 42.2 Å². The minimum atomic E-state index is -2.31. The fourth-order valence-electron chi connectivity index (χ4n) is 4.08. The molecule has 0 aliphatic carbocycles. The third-order valence-electron chi connectivity index (χ3n) is 5.56. The molecule has 2 aromatic rings. The Balaban J connectivity index is 1.87. The summed E-state index contributed by atoms with van der Waals surface area (Å²) in [6, 6.07) is 5.89. The predicted octanol–water partition coefficient (Wildman–Crippen LogP) is 3.66. The third-order valence-corrected chi connectivity index (χ3v) is 8.61. The molecule has 2 aliphatic rings. The molecule has 0 N–H and O–H groups in total. The molecule has 4 heterocycles. The number of rotatable bonds is 3. The van der Waals surface area contributed by atoms with E-state index in [1.807, 2.05) is 19.1 Å². The summed E-state index contributed by atoms with van der Waals surface area (Å²) < 4.78 is 23.2.